The van der Waals surface area contributed by atoms with E-state index in [1.165, 1.54) is 42.6 Å². The van der Waals surface area contributed by atoms with Crippen molar-refractivity contribution < 1.29 is 12.8 Å². The van der Waals surface area contributed by atoms with Crippen LogP contribution in [0.1, 0.15) is 11.8 Å². The highest BCUT2D eigenvalue weighted by Gasteiger charge is 2.22. The van der Waals surface area contributed by atoms with E-state index in [-0.39, 0.29) is 4.90 Å². The van der Waals surface area contributed by atoms with Crippen molar-refractivity contribution in [3.63, 3.8) is 0 Å². The number of nitrogens with one attached hydrogen (secondary N) is 1. The van der Waals surface area contributed by atoms with Gasteiger partial charge in [-0.3, -0.25) is 4.31 Å². The maximum atomic E-state index is 12.9. The summed E-state index contributed by atoms with van der Waals surface area (Å²) in [5.74, 6) is -0.395. The fourth-order valence-corrected chi connectivity index (χ4v) is 4.21. The molecule has 0 radical (unpaired) electrons. The van der Waals surface area contributed by atoms with Crippen LogP contribution in [0.5, 0.6) is 0 Å². The van der Waals surface area contributed by atoms with E-state index in [9.17, 15) is 12.8 Å². The second-order valence-corrected chi connectivity index (χ2v) is 7.44. The first-order chi connectivity index (χ1) is 9.95. The van der Waals surface area contributed by atoms with Crippen LogP contribution in [0, 0.1) is 5.82 Å². The van der Waals surface area contributed by atoms with E-state index in [1.54, 1.807) is 11.4 Å². The van der Waals surface area contributed by atoms with Crippen LogP contribution in [0.2, 0.25) is 0 Å². The first kappa shape index (κ1) is 15.9. The summed E-state index contributed by atoms with van der Waals surface area (Å²) in [5, 5.41) is 4.78. The fraction of sp³-hybridized carbons (Fsp3) is 0.286. The van der Waals surface area contributed by atoms with Gasteiger partial charge in [-0.2, -0.15) is 0 Å². The highest BCUT2D eigenvalue weighted by molar-refractivity contribution is 7.93. The third kappa shape index (κ3) is 3.61. The third-order valence-corrected chi connectivity index (χ3v) is 5.88. The molecule has 2 rings (SSSR count). The maximum absolute atomic E-state index is 12.9. The molecule has 0 saturated carbocycles. The van der Waals surface area contributed by atoms with Crippen LogP contribution < -0.4 is 9.62 Å². The number of hydrogen-bond acceptors (Lipinski definition) is 4. The molecular formula is C14H17FN2O2S2. The van der Waals surface area contributed by atoms with Gasteiger partial charge in [0.2, 0.25) is 0 Å². The summed E-state index contributed by atoms with van der Waals surface area (Å²) in [7, 11) is -2.15. The Hall–Kier alpha value is -1.44. The zero-order chi connectivity index (χ0) is 15.5. The van der Waals surface area contributed by atoms with Crippen molar-refractivity contribution in [2.45, 2.75) is 18.4 Å². The molecule has 0 fully saturated rings. The number of hydrogen-bond donors (Lipinski definition) is 1. The molecule has 21 heavy (non-hydrogen) atoms. The summed E-state index contributed by atoms with van der Waals surface area (Å²) >= 11 is 1.40. The van der Waals surface area contributed by atoms with Crippen molar-refractivity contribution >= 4 is 27.0 Å². The smallest absolute Gasteiger partial charge is 0.264 e. The lowest BCUT2D eigenvalue weighted by atomic mass is 10.3. The number of nitrogens with zero attached hydrogens (tertiary/aromatic N) is 1. The quantitative estimate of drug-likeness (QED) is 0.887. The lowest BCUT2D eigenvalue weighted by Crippen LogP contribution is -2.26. The van der Waals surface area contributed by atoms with E-state index < -0.39 is 15.8 Å². The first-order valence-electron chi connectivity index (χ1n) is 6.47. The predicted molar refractivity (Wildman–Crippen MR) is 83.7 cm³/mol. The highest BCUT2D eigenvalue weighted by atomic mass is 32.2. The molecule has 0 saturated heterocycles. The van der Waals surface area contributed by atoms with E-state index in [1.807, 2.05) is 6.92 Å². The van der Waals surface area contributed by atoms with Gasteiger partial charge in [0.25, 0.3) is 10.0 Å². The highest BCUT2D eigenvalue weighted by Crippen LogP contribution is 2.25. The largest absolute Gasteiger partial charge is 0.312 e. The van der Waals surface area contributed by atoms with Gasteiger partial charge >= 0.3 is 0 Å². The van der Waals surface area contributed by atoms with Crippen LogP contribution >= 0.6 is 11.3 Å². The Labute approximate surface area is 128 Å². The van der Waals surface area contributed by atoms with E-state index in [0.717, 1.165) is 15.7 Å². The van der Waals surface area contributed by atoms with Crippen molar-refractivity contribution in [3.8, 4) is 0 Å². The standard InChI is InChI=1S/C14H17FN2O2S2/c1-3-16-9-13-8-14(10-20-13)21(18,19)17(2)12-6-4-11(15)5-7-12/h4-8,10,16H,3,9H2,1-2H3. The number of sulfonamides is 1. The summed E-state index contributed by atoms with van der Waals surface area (Å²) in [5.41, 5.74) is 0.427. The van der Waals surface area contributed by atoms with Gasteiger partial charge in [0.1, 0.15) is 5.82 Å². The Bertz CT molecular complexity index is 696. The maximum Gasteiger partial charge on any atom is 0.264 e. The monoisotopic (exact) mass is 328 g/mol. The molecule has 0 aliphatic heterocycles. The van der Waals surface area contributed by atoms with Crippen molar-refractivity contribution in [2.24, 2.45) is 0 Å². The molecule has 1 N–H and O–H groups in total. The second kappa shape index (κ2) is 6.55. The van der Waals surface area contributed by atoms with Gasteiger partial charge in [0.05, 0.1) is 10.6 Å². The predicted octanol–water partition coefficient (Wildman–Crippen LogP) is 2.82. The van der Waals surface area contributed by atoms with Gasteiger partial charge in [-0.1, -0.05) is 6.92 Å². The Morgan fingerprint density at radius 3 is 2.57 bits per heavy atom. The van der Waals surface area contributed by atoms with Crippen LogP contribution in [-0.2, 0) is 16.6 Å². The zero-order valence-corrected chi connectivity index (χ0v) is 13.5. The Morgan fingerprint density at radius 2 is 1.95 bits per heavy atom. The van der Waals surface area contributed by atoms with Crippen molar-refractivity contribution in [2.75, 3.05) is 17.9 Å². The van der Waals surface area contributed by atoms with E-state index in [2.05, 4.69) is 5.32 Å². The summed E-state index contributed by atoms with van der Waals surface area (Å²) < 4.78 is 39.1. The summed E-state index contributed by atoms with van der Waals surface area (Å²) in [4.78, 5) is 1.22. The average Bonchev–Trinajstić information content (AvgIpc) is 2.94. The van der Waals surface area contributed by atoms with Crippen LogP contribution in [0.25, 0.3) is 0 Å². The normalized spacial score (nSPS) is 11.6. The molecule has 114 valence electrons. The number of thiophene rings is 1. The van der Waals surface area contributed by atoms with Gasteiger partial charge in [-0.15, -0.1) is 11.3 Å². The van der Waals surface area contributed by atoms with E-state index >= 15 is 0 Å². The molecule has 1 aromatic heterocycles. The van der Waals surface area contributed by atoms with Gasteiger partial charge in [-0.05, 0) is 36.9 Å². The summed E-state index contributed by atoms with van der Waals surface area (Å²) in [6.07, 6.45) is 0. The molecule has 0 aliphatic carbocycles. The molecule has 0 amide bonds. The Balaban J connectivity index is 2.24. The van der Waals surface area contributed by atoms with Gasteiger partial charge in [-0.25, -0.2) is 12.8 Å². The first-order valence-corrected chi connectivity index (χ1v) is 8.79. The lowest BCUT2D eigenvalue weighted by Gasteiger charge is -2.18. The van der Waals surface area contributed by atoms with Crippen LogP contribution in [-0.4, -0.2) is 22.0 Å². The molecule has 7 heteroatoms. The second-order valence-electron chi connectivity index (χ2n) is 4.48. The molecule has 0 bridgehead atoms. The van der Waals surface area contributed by atoms with Gasteiger partial charge in [0.15, 0.2) is 0 Å². The zero-order valence-electron chi connectivity index (χ0n) is 11.8. The van der Waals surface area contributed by atoms with Gasteiger partial charge < -0.3 is 5.32 Å². The van der Waals surface area contributed by atoms with Crippen LogP contribution in [0.3, 0.4) is 0 Å². The molecule has 2 aromatic rings. The third-order valence-electron chi connectivity index (χ3n) is 3.03. The molecular weight excluding hydrogens is 311 g/mol. The fourth-order valence-electron chi connectivity index (χ4n) is 1.78. The minimum atomic E-state index is -3.62. The van der Waals surface area contributed by atoms with Crippen molar-refractivity contribution in [3.05, 3.63) is 46.4 Å². The van der Waals surface area contributed by atoms with Crippen molar-refractivity contribution in [1.29, 1.82) is 0 Å². The molecule has 0 unspecified atom stereocenters. The summed E-state index contributed by atoms with van der Waals surface area (Å²) in [6.45, 7) is 3.47. The topological polar surface area (TPSA) is 49.4 Å². The molecule has 1 heterocycles. The lowest BCUT2D eigenvalue weighted by molar-refractivity contribution is 0.594. The average molecular weight is 328 g/mol. The molecule has 0 aliphatic rings. The van der Waals surface area contributed by atoms with E-state index in [0.29, 0.717) is 12.2 Å². The van der Waals surface area contributed by atoms with Crippen LogP contribution in [0.4, 0.5) is 10.1 Å². The summed E-state index contributed by atoms with van der Waals surface area (Å²) in [6, 6.07) is 7.04. The van der Waals surface area contributed by atoms with Crippen LogP contribution in [0.15, 0.2) is 40.6 Å². The number of anilines is 1. The number of benzene rings is 1. The minimum absolute atomic E-state index is 0.257. The molecule has 0 atom stereocenters. The molecule has 0 spiro atoms. The Kier molecular flexibility index (Phi) is 4.97. The number of rotatable bonds is 6. The molecule has 4 nitrogen and oxygen atoms in total. The van der Waals surface area contributed by atoms with E-state index in [4.69, 9.17) is 0 Å². The van der Waals surface area contributed by atoms with Gasteiger partial charge in [0, 0.05) is 23.8 Å². The minimum Gasteiger partial charge on any atom is -0.312 e. The van der Waals surface area contributed by atoms with Crippen molar-refractivity contribution in [1.82, 2.24) is 5.32 Å². The Morgan fingerprint density at radius 1 is 1.29 bits per heavy atom. The SMILES string of the molecule is CCNCc1cc(S(=O)(=O)N(C)c2ccc(F)cc2)cs1. The number of halogens is 1. The molecule has 1 aromatic carbocycles.